The number of aromatic nitrogens is 2. The molecule has 4 heteroatoms. The van der Waals surface area contributed by atoms with Gasteiger partial charge in [0.15, 0.2) is 5.82 Å². The van der Waals surface area contributed by atoms with E-state index in [1.807, 2.05) is 7.05 Å². The van der Waals surface area contributed by atoms with E-state index in [1.165, 1.54) is 11.1 Å². The molecule has 1 heterocycles. The number of rotatable bonds is 7. The van der Waals surface area contributed by atoms with Crippen molar-refractivity contribution in [1.82, 2.24) is 15.3 Å². The third kappa shape index (κ3) is 3.96. The molecule has 0 atom stereocenters. The molecule has 0 radical (unpaired) electrons. The fraction of sp³-hybridized carbons (Fsp3) is 0.167. The third-order valence-electron chi connectivity index (χ3n) is 4.68. The number of benzene rings is 2. The Bertz CT molecular complexity index is 986. The van der Waals surface area contributed by atoms with Gasteiger partial charge in [0.2, 0.25) is 0 Å². The van der Waals surface area contributed by atoms with E-state index in [4.69, 9.17) is 9.97 Å². The summed E-state index contributed by atoms with van der Waals surface area (Å²) >= 11 is 0. The highest BCUT2D eigenvalue weighted by molar-refractivity contribution is 5.82. The lowest BCUT2D eigenvalue weighted by Gasteiger charge is -2.16. The minimum Gasteiger partial charge on any atom is -0.387 e. The normalized spacial score (nSPS) is 10.4. The van der Waals surface area contributed by atoms with Crippen molar-refractivity contribution in [3.63, 3.8) is 0 Å². The first-order chi connectivity index (χ1) is 13.6. The quantitative estimate of drug-likeness (QED) is 0.582. The van der Waals surface area contributed by atoms with E-state index in [0.717, 1.165) is 28.9 Å². The molecule has 4 nitrogen and oxygen atoms in total. The average molecular weight is 371 g/mol. The van der Waals surface area contributed by atoms with Gasteiger partial charge in [-0.15, -0.1) is 0 Å². The van der Waals surface area contributed by atoms with Crippen LogP contribution in [0, 0.1) is 6.92 Å². The fourth-order valence-electron chi connectivity index (χ4n) is 2.97. The Hall–Kier alpha value is -3.40. The van der Waals surface area contributed by atoms with E-state index in [2.05, 4.69) is 86.2 Å². The predicted molar refractivity (Wildman–Crippen MR) is 119 cm³/mol. The topological polar surface area (TPSA) is 49.8 Å². The summed E-state index contributed by atoms with van der Waals surface area (Å²) < 4.78 is 0. The van der Waals surface area contributed by atoms with Crippen LogP contribution >= 0.6 is 0 Å². The van der Waals surface area contributed by atoms with Crippen LogP contribution in [0.3, 0.4) is 0 Å². The highest BCUT2D eigenvalue weighted by Gasteiger charge is 2.18. The Balaban J connectivity index is 2.27. The molecule has 0 aliphatic carbocycles. The monoisotopic (exact) mass is 370 g/mol. The van der Waals surface area contributed by atoms with Crippen molar-refractivity contribution in [1.29, 1.82) is 0 Å². The lowest BCUT2D eigenvalue weighted by molar-refractivity contribution is 1.08. The van der Waals surface area contributed by atoms with Gasteiger partial charge < -0.3 is 10.6 Å². The van der Waals surface area contributed by atoms with Crippen molar-refractivity contribution in [3.05, 3.63) is 84.7 Å². The van der Waals surface area contributed by atoms with E-state index < -0.39 is 0 Å². The molecule has 0 bridgehead atoms. The Morgan fingerprint density at radius 1 is 0.964 bits per heavy atom. The molecule has 2 N–H and O–H groups in total. The standard InChI is InChI=1S/C24H26N4/c1-6-18-10-14-20(15-11-18)22-23(19-12-8-16(3)9-13-19)28-24(26-7-2)21(27-22)17(4)25-5/h7-15,25H,2,4,6H2,1,3,5H3,(H,26,28). The molecular weight excluding hydrogens is 344 g/mol. The van der Waals surface area contributed by atoms with Crippen molar-refractivity contribution in [2.45, 2.75) is 20.3 Å². The SMILES string of the molecule is C=CNc1nc(-c2ccc(C)cc2)c(-c2ccc(CC)cc2)nc1C(=C)NC. The Labute approximate surface area is 167 Å². The highest BCUT2D eigenvalue weighted by atomic mass is 15.0. The molecule has 142 valence electrons. The van der Waals surface area contributed by atoms with Crippen molar-refractivity contribution >= 4 is 11.5 Å². The Morgan fingerprint density at radius 3 is 2.07 bits per heavy atom. The predicted octanol–water partition coefficient (Wildman–Crippen LogP) is 5.43. The molecule has 0 saturated heterocycles. The minimum absolute atomic E-state index is 0.624. The minimum atomic E-state index is 0.624. The number of nitrogens with one attached hydrogen (secondary N) is 2. The molecule has 2 aromatic carbocycles. The third-order valence-corrected chi connectivity index (χ3v) is 4.68. The zero-order chi connectivity index (χ0) is 20.1. The summed E-state index contributed by atoms with van der Waals surface area (Å²) in [5, 5.41) is 6.17. The number of anilines is 1. The van der Waals surface area contributed by atoms with Gasteiger partial charge in [-0.2, -0.15) is 0 Å². The van der Waals surface area contributed by atoms with E-state index in [-0.39, 0.29) is 0 Å². The molecule has 28 heavy (non-hydrogen) atoms. The number of aryl methyl sites for hydroxylation is 2. The zero-order valence-corrected chi connectivity index (χ0v) is 16.7. The second-order valence-corrected chi connectivity index (χ2v) is 6.61. The van der Waals surface area contributed by atoms with Gasteiger partial charge in [0.05, 0.1) is 17.1 Å². The smallest absolute Gasteiger partial charge is 0.158 e. The average Bonchev–Trinajstić information content (AvgIpc) is 2.74. The molecule has 0 unspecified atom stereocenters. The van der Waals surface area contributed by atoms with Crippen molar-refractivity contribution < 1.29 is 0 Å². The maximum absolute atomic E-state index is 4.95. The van der Waals surface area contributed by atoms with Crippen LogP contribution in [0.15, 0.2) is 67.9 Å². The van der Waals surface area contributed by atoms with Crippen molar-refractivity contribution in [3.8, 4) is 22.5 Å². The largest absolute Gasteiger partial charge is 0.387 e. The molecule has 0 spiro atoms. The van der Waals surface area contributed by atoms with Crippen LogP contribution in [0.2, 0.25) is 0 Å². The Kier molecular flexibility index (Phi) is 5.90. The van der Waals surface area contributed by atoms with Gasteiger partial charge in [0.25, 0.3) is 0 Å². The summed E-state index contributed by atoms with van der Waals surface area (Å²) in [6.07, 6.45) is 2.60. The first-order valence-electron chi connectivity index (χ1n) is 9.40. The molecule has 0 amide bonds. The van der Waals surface area contributed by atoms with Gasteiger partial charge in [0.1, 0.15) is 5.69 Å². The first-order valence-corrected chi connectivity index (χ1v) is 9.40. The molecule has 3 aromatic rings. The summed E-state index contributed by atoms with van der Waals surface area (Å²) in [6.45, 7) is 12.1. The van der Waals surface area contributed by atoms with Crippen LogP contribution in [0.4, 0.5) is 5.82 Å². The first kappa shape index (κ1) is 19.4. The van der Waals surface area contributed by atoms with Gasteiger partial charge in [-0.25, -0.2) is 9.97 Å². The summed E-state index contributed by atoms with van der Waals surface area (Å²) in [4.78, 5) is 9.86. The van der Waals surface area contributed by atoms with Gasteiger partial charge >= 0.3 is 0 Å². The van der Waals surface area contributed by atoms with E-state index in [0.29, 0.717) is 17.2 Å². The van der Waals surface area contributed by atoms with Gasteiger partial charge in [-0.1, -0.05) is 74.2 Å². The molecule has 0 aliphatic rings. The lowest BCUT2D eigenvalue weighted by Crippen LogP contribution is -2.11. The Morgan fingerprint density at radius 2 is 1.54 bits per heavy atom. The molecular formula is C24H26N4. The summed E-state index contributed by atoms with van der Waals surface area (Å²) in [7, 11) is 1.82. The van der Waals surface area contributed by atoms with Crippen molar-refractivity contribution in [2.24, 2.45) is 0 Å². The molecule has 0 saturated carbocycles. The van der Waals surface area contributed by atoms with E-state index in [9.17, 15) is 0 Å². The summed E-state index contributed by atoms with van der Waals surface area (Å²) in [5.41, 5.74) is 7.55. The number of hydrogen-bond donors (Lipinski definition) is 2. The van der Waals surface area contributed by atoms with Gasteiger partial charge in [0, 0.05) is 18.2 Å². The highest BCUT2D eigenvalue weighted by Crippen LogP contribution is 2.33. The van der Waals surface area contributed by atoms with E-state index >= 15 is 0 Å². The van der Waals surface area contributed by atoms with E-state index in [1.54, 1.807) is 6.20 Å². The van der Waals surface area contributed by atoms with Crippen LogP contribution in [0.5, 0.6) is 0 Å². The van der Waals surface area contributed by atoms with Gasteiger partial charge in [-0.3, -0.25) is 0 Å². The number of nitrogens with zero attached hydrogens (tertiary/aromatic N) is 2. The van der Waals surface area contributed by atoms with Gasteiger partial charge in [-0.05, 0) is 25.1 Å². The second-order valence-electron chi connectivity index (χ2n) is 6.61. The van der Waals surface area contributed by atoms with Crippen LogP contribution < -0.4 is 10.6 Å². The van der Waals surface area contributed by atoms with Crippen LogP contribution in [-0.4, -0.2) is 17.0 Å². The molecule has 0 fully saturated rings. The zero-order valence-electron chi connectivity index (χ0n) is 16.7. The maximum atomic E-state index is 4.95. The number of hydrogen-bond acceptors (Lipinski definition) is 4. The second kappa shape index (κ2) is 8.53. The summed E-state index contributed by atoms with van der Waals surface area (Å²) in [5.74, 6) is 0.624. The van der Waals surface area contributed by atoms with Crippen LogP contribution in [0.25, 0.3) is 28.2 Å². The molecule has 3 rings (SSSR count). The van der Waals surface area contributed by atoms with Crippen LogP contribution in [0.1, 0.15) is 23.7 Å². The van der Waals surface area contributed by atoms with Crippen LogP contribution in [-0.2, 0) is 6.42 Å². The maximum Gasteiger partial charge on any atom is 0.158 e. The lowest BCUT2D eigenvalue weighted by atomic mass is 10.0. The summed E-state index contributed by atoms with van der Waals surface area (Å²) in [6, 6.07) is 16.8. The fourth-order valence-corrected chi connectivity index (χ4v) is 2.97. The molecule has 0 aliphatic heterocycles. The molecule has 1 aromatic heterocycles. The van der Waals surface area contributed by atoms with Crippen molar-refractivity contribution in [2.75, 3.05) is 12.4 Å².